The third-order valence-corrected chi connectivity index (χ3v) is 2.61. The second-order valence-electron chi connectivity index (χ2n) is 3.95. The van der Waals surface area contributed by atoms with Crippen LogP contribution in [0.3, 0.4) is 0 Å². The molecule has 90 valence electrons. The van der Waals surface area contributed by atoms with Gasteiger partial charge in [-0.3, -0.25) is 4.79 Å². The lowest BCUT2D eigenvalue weighted by atomic mass is 10.2. The summed E-state index contributed by atoms with van der Waals surface area (Å²) in [7, 11) is 0. The smallest absolute Gasteiger partial charge is 0.269 e. The maximum Gasteiger partial charge on any atom is 0.269 e. The molecule has 3 nitrogen and oxygen atoms in total. The zero-order chi connectivity index (χ0) is 12.8. The number of hydrogen-bond acceptors (Lipinski definition) is 2. The highest BCUT2D eigenvalue weighted by atomic mass is 16.1. The van der Waals surface area contributed by atoms with Crippen LogP contribution in [0.5, 0.6) is 0 Å². The Kier molecular flexibility index (Phi) is 3.93. The number of amides is 1. The molecule has 0 unspecified atom stereocenters. The minimum atomic E-state index is -0.155. The molecule has 0 spiro atoms. The number of fused-ring (bicyclic) bond motifs is 1. The highest BCUT2D eigenvalue weighted by Crippen LogP contribution is 2.11. The SMILES string of the molecule is C#CCCCNC(=O)c1ccc2ccccc2n1. The van der Waals surface area contributed by atoms with Gasteiger partial charge in [-0.05, 0) is 18.6 Å². The summed E-state index contributed by atoms with van der Waals surface area (Å²) < 4.78 is 0. The fraction of sp³-hybridized carbons (Fsp3) is 0.200. The lowest BCUT2D eigenvalue weighted by Crippen LogP contribution is -2.25. The molecule has 18 heavy (non-hydrogen) atoms. The number of unbranched alkanes of at least 4 members (excludes halogenated alkanes) is 1. The number of hydrogen-bond donors (Lipinski definition) is 1. The van der Waals surface area contributed by atoms with Crippen molar-refractivity contribution >= 4 is 16.8 Å². The molecule has 1 heterocycles. The lowest BCUT2D eigenvalue weighted by molar-refractivity contribution is 0.0949. The zero-order valence-electron chi connectivity index (χ0n) is 10.0. The van der Waals surface area contributed by atoms with Crippen LogP contribution in [0.1, 0.15) is 23.3 Å². The first-order valence-electron chi connectivity index (χ1n) is 5.89. The Bertz CT molecular complexity index is 599. The van der Waals surface area contributed by atoms with E-state index in [-0.39, 0.29) is 5.91 Å². The van der Waals surface area contributed by atoms with Crippen LogP contribution >= 0.6 is 0 Å². The fourth-order valence-corrected chi connectivity index (χ4v) is 1.68. The van der Waals surface area contributed by atoms with Gasteiger partial charge in [-0.25, -0.2) is 4.98 Å². The van der Waals surface area contributed by atoms with Crippen molar-refractivity contribution in [2.24, 2.45) is 0 Å². The minimum absolute atomic E-state index is 0.155. The van der Waals surface area contributed by atoms with Crippen LogP contribution < -0.4 is 5.32 Å². The van der Waals surface area contributed by atoms with E-state index in [0.29, 0.717) is 18.7 Å². The summed E-state index contributed by atoms with van der Waals surface area (Å²) in [6.45, 7) is 0.581. The predicted molar refractivity (Wildman–Crippen MR) is 72.1 cm³/mol. The summed E-state index contributed by atoms with van der Waals surface area (Å²) >= 11 is 0. The van der Waals surface area contributed by atoms with Gasteiger partial charge < -0.3 is 5.32 Å². The third-order valence-electron chi connectivity index (χ3n) is 2.61. The van der Waals surface area contributed by atoms with Gasteiger partial charge in [-0.15, -0.1) is 12.3 Å². The summed E-state index contributed by atoms with van der Waals surface area (Å²) in [5, 5.41) is 3.83. The molecule has 1 amide bonds. The van der Waals surface area contributed by atoms with E-state index in [9.17, 15) is 4.79 Å². The number of nitrogens with zero attached hydrogens (tertiary/aromatic N) is 1. The molecule has 0 atom stereocenters. The molecule has 1 N–H and O–H groups in total. The van der Waals surface area contributed by atoms with E-state index in [1.165, 1.54) is 0 Å². The van der Waals surface area contributed by atoms with Crippen LogP contribution in [0.25, 0.3) is 10.9 Å². The minimum Gasteiger partial charge on any atom is -0.351 e. The number of carbonyl (C=O) groups is 1. The normalized spacial score (nSPS) is 9.94. The maximum atomic E-state index is 11.8. The molecule has 0 saturated heterocycles. The van der Waals surface area contributed by atoms with E-state index >= 15 is 0 Å². The van der Waals surface area contributed by atoms with Crippen molar-refractivity contribution in [3.63, 3.8) is 0 Å². The van der Waals surface area contributed by atoms with Crippen molar-refractivity contribution in [2.45, 2.75) is 12.8 Å². The number of pyridine rings is 1. The molecule has 2 aromatic rings. The highest BCUT2D eigenvalue weighted by molar-refractivity contribution is 5.94. The number of terminal acetylenes is 1. The Labute approximate surface area is 106 Å². The zero-order valence-corrected chi connectivity index (χ0v) is 10.0. The first kappa shape index (κ1) is 12.1. The van der Waals surface area contributed by atoms with Crippen molar-refractivity contribution in [1.29, 1.82) is 0 Å². The first-order valence-corrected chi connectivity index (χ1v) is 5.89. The summed E-state index contributed by atoms with van der Waals surface area (Å²) in [4.78, 5) is 16.1. The maximum absolute atomic E-state index is 11.8. The molecule has 0 aliphatic carbocycles. The molecule has 3 heteroatoms. The van der Waals surface area contributed by atoms with E-state index in [1.807, 2.05) is 30.3 Å². The van der Waals surface area contributed by atoms with Gasteiger partial charge in [-0.1, -0.05) is 24.3 Å². The molecule has 0 bridgehead atoms. The molecule has 0 saturated carbocycles. The van der Waals surface area contributed by atoms with E-state index in [2.05, 4.69) is 16.2 Å². The van der Waals surface area contributed by atoms with Gasteiger partial charge in [-0.2, -0.15) is 0 Å². The first-order chi connectivity index (χ1) is 8.81. The molecule has 1 aromatic heterocycles. The second kappa shape index (κ2) is 5.83. The van der Waals surface area contributed by atoms with Crippen LogP contribution in [0.2, 0.25) is 0 Å². The molecule has 2 rings (SSSR count). The Morgan fingerprint density at radius 1 is 1.28 bits per heavy atom. The van der Waals surface area contributed by atoms with Crippen LogP contribution in [-0.2, 0) is 0 Å². The Morgan fingerprint density at radius 2 is 2.11 bits per heavy atom. The number of carbonyl (C=O) groups excluding carboxylic acids is 1. The van der Waals surface area contributed by atoms with Crippen molar-refractivity contribution in [3.05, 3.63) is 42.1 Å². The average molecular weight is 238 g/mol. The van der Waals surface area contributed by atoms with E-state index in [0.717, 1.165) is 17.3 Å². The highest BCUT2D eigenvalue weighted by Gasteiger charge is 2.06. The molecular formula is C15H14N2O. The van der Waals surface area contributed by atoms with E-state index in [4.69, 9.17) is 6.42 Å². The Hall–Kier alpha value is -2.34. The van der Waals surface area contributed by atoms with Crippen molar-refractivity contribution in [3.8, 4) is 12.3 Å². The van der Waals surface area contributed by atoms with E-state index in [1.54, 1.807) is 6.07 Å². The van der Waals surface area contributed by atoms with Gasteiger partial charge in [0.2, 0.25) is 0 Å². The summed E-state index contributed by atoms with van der Waals surface area (Å²) in [6, 6.07) is 11.4. The van der Waals surface area contributed by atoms with Gasteiger partial charge in [0, 0.05) is 18.4 Å². The molecule has 0 aliphatic rings. The number of aromatic nitrogens is 1. The quantitative estimate of drug-likeness (QED) is 0.656. The van der Waals surface area contributed by atoms with E-state index < -0.39 is 0 Å². The molecule has 0 radical (unpaired) electrons. The second-order valence-corrected chi connectivity index (χ2v) is 3.95. The number of benzene rings is 1. The predicted octanol–water partition coefficient (Wildman–Crippen LogP) is 2.38. The Morgan fingerprint density at radius 3 is 2.94 bits per heavy atom. The summed E-state index contributed by atoms with van der Waals surface area (Å²) in [5.41, 5.74) is 1.27. The van der Waals surface area contributed by atoms with Crippen molar-refractivity contribution in [2.75, 3.05) is 6.54 Å². The van der Waals surface area contributed by atoms with Crippen LogP contribution in [0, 0.1) is 12.3 Å². The van der Waals surface area contributed by atoms with Crippen molar-refractivity contribution in [1.82, 2.24) is 10.3 Å². The molecule has 1 aromatic carbocycles. The number of para-hydroxylation sites is 1. The van der Waals surface area contributed by atoms with Crippen LogP contribution in [0.15, 0.2) is 36.4 Å². The fourth-order valence-electron chi connectivity index (χ4n) is 1.68. The average Bonchev–Trinajstić information content (AvgIpc) is 2.43. The van der Waals surface area contributed by atoms with Gasteiger partial charge in [0.25, 0.3) is 5.91 Å². The van der Waals surface area contributed by atoms with Gasteiger partial charge in [0.1, 0.15) is 5.69 Å². The molecule has 0 fully saturated rings. The standard InChI is InChI=1S/C15H14N2O/c1-2-3-6-11-16-15(18)14-10-9-12-7-4-5-8-13(12)17-14/h1,4-5,7-10H,3,6,11H2,(H,16,18). The number of rotatable bonds is 4. The summed E-state index contributed by atoms with van der Waals surface area (Å²) in [5.74, 6) is 2.38. The monoisotopic (exact) mass is 238 g/mol. The molecular weight excluding hydrogens is 224 g/mol. The molecule has 0 aliphatic heterocycles. The van der Waals surface area contributed by atoms with Gasteiger partial charge >= 0.3 is 0 Å². The van der Waals surface area contributed by atoms with Gasteiger partial charge in [0.15, 0.2) is 0 Å². The Balaban J connectivity index is 2.06. The summed E-state index contributed by atoms with van der Waals surface area (Å²) in [6.07, 6.45) is 6.60. The van der Waals surface area contributed by atoms with Crippen molar-refractivity contribution < 1.29 is 4.79 Å². The van der Waals surface area contributed by atoms with Crippen LogP contribution in [0.4, 0.5) is 0 Å². The third kappa shape index (κ3) is 2.86. The number of nitrogens with one attached hydrogen (secondary N) is 1. The lowest BCUT2D eigenvalue weighted by Gasteiger charge is -2.04. The topological polar surface area (TPSA) is 42.0 Å². The van der Waals surface area contributed by atoms with Crippen LogP contribution in [-0.4, -0.2) is 17.4 Å². The van der Waals surface area contributed by atoms with Gasteiger partial charge in [0.05, 0.1) is 5.52 Å². The largest absolute Gasteiger partial charge is 0.351 e.